The Balaban J connectivity index is 1.81. The standard InChI is InChI=1S/C26H24N2/c1-20-17-24(20)25-18-28(19-27-25)26(21-11-5-2-6-12-21,22-13-7-3-8-14-22)23-15-9-4-10-16-23/h2-16,18-20,24H,17H2,1H3/t20?,24-/m0/s1. The Kier molecular flexibility index (Phi) is 4.12. The summed E-state index contributed by atoms with van der Waals surface area (Å²) in [6, 6.07) is 32.3. The Hall–Kier alpha value is -3.13. The minimum absolute atomic E-state index is 0.451. The van der Waals surface area contributed by atoms with Crippen LogP contribution < -0.4 is 0 Å². The first kappa shape index (κ1) is 17.0. The van der Waals surface area contributed by atoms with Gasteiger partial charge < -0.3 is 4.57 Å². The van der Waals surface area contributed by atoms with Gasteiger partial charge in [0.2, 0.25) is 0 Å². The van der Waals surface area contributed by atoms with E-state index in [1.54, 1.807) is 0 Å². The average molecular weight is 364 g/mol. The van der Waals surface area contributed by atoms with E-state index >= 15 is 0 Å². The SMILES string of the molecule is CC1C[C@@H]1c1cn(C(c2ccccc2)(c2ccccc2)c2ccccc2)cn1. The first-order chi connectivity index (χ1) is 13.8. The molecule has 1 aliphatic carbocycles. The van der Waals surface area contributed by atoms with Crippen molar-refractivity contribution in [1.29, 1.82) is 0 Å². The Bertz CT molecular complexity index is 955. The molecule has 1 saturated carbocycles. The summed E-state index contributed by atoms with van der Waals surface area (Å²) < 4.78 is 2.31. The first-order valence-electron chi connectivity index (χ1n) is 10.0. The van der Waals surface area contributed by atoms with Gasteiger partial charge in [-0.1, -0.05) is 97.9 Å². The predicted molar refractivity (Wildman–Crippen MR) is 113 cm³/mol. The lowest BCUT2D eigenvalue weighted by atomic mass is 9.77. The van der Waals surface area contributed by atoms with Crippen molar-refractivity contribution in [2.75, 3.05) is 0 Å². The smallest absolute Gasteiger partial charge is 0.121 e. The maximum Gasteiger partial charge on any atom is 0.121 e. The van der Waals surface area contributed by atoms with Gasteiger partial charge in [-0.05, 0) is 29.0 Å². The zero-order valence-electron chi connectivity index (χ0n) is 16.1. The Morgan fingerprint density at radius 3 is 1.57 bits per heavy atom. The highest BCUT2D eigenvalue weighted by Crippen LogP contribution is 2.47. The largest absolute Gasteiger partial charge is 0.319 e. The molecule has 0 N–H and O–H groups in total. The molecule has 0 spiro atoms. The minimum atomic E-state index is -0.451. The third-order valence-electron chi connectivity index (χ3n) is 6.05. The summed E-state index contributed by atoms with van der Waals surface area (Å²) >= 11 is 0. The van der Waals surface area contributed by atoms with E-state index in [9.17, 15) is 0 Å². The fourth-order valence-corrected chi connectivity index (χ4v) is 4.43. The van der Waals surface area contributed by atoms with Gasteiger partial charge in [0, 0.05) is 12.1 Å². The van der Waals surface area contributed by atoms with Crippen molar-refractivity contribution in [3.63, 3.8) is 0 Å². The molecule has 2 heteroatoms. The Morgan fingerprint density at radius 2 is 1.18 bits per heavy atom. The lowest BCUT2D eigenvalue weighted by Gasteiger charge is -2.37. The second-order valence-electron chi connectivity index (χ2n) is 7.83. The van der Waals surface area contributed by atoms with Gasteiger partial charge in [0.15, 0.2) is 0 Å². The van der Waals surface area contributed by atoms with Crippen LogP contribution in [0, 0.1) is 5.92 Å². The average Bonchev–Trinajstić information content (AvgIpc) is 3.29. The van der Waals surface area contributed by atoms with Gasteiger partial charge in [-0.2, -0.15) is 0 Å². The Labute approximate surface area is 166 Å². The quantitative estimate of drug-likeness (QED) is 0.406. The molecule has 3 aromatic carbocycles. The van der Waals surface area contributed by atoms with Gasteiger partial charge in [-0.3, -0.25) is 0 Å². The van der Waals surface area contributed by atoms with E-state index in [1.165, 1.54) is 28.8 Å². The third kappa shape index (κ3) is 2.68. The fraction of sp³-hybridized carbons (Fsp3) is 0.192. The minimum Gasteiger partial charge on any atom is -0.319 e. The molecule has 0 radical (unpaired) electrons. The van der Waals surface area contributed by atoms with Crippen molar-refractivity contribution in [3.05, 3.63) is 126 Å². The Morgan fingerprint density at radius 1 is 0.750 bits per heavy atom. The normalized spacial score (nSPS) is 18.8. The second-order valence-corrected chi connectivity index (χ2v) is 7.83. The van der Waals surface area contributed by atoms with E-state index in [1.807, 2.05) is 6.33 Å². The molecule has 1 heterocycles. The van der Waals surface area contributed by atoms with Crippen molar-refractivity contribution >= 4 is 0 Å². The maximum absolute atomic E-state index is 4.83. The van der Waals surface area contributed by atoms with Gasteiger partial charge >= 0.3 is 0 Å². The molecule has 0 bridgehead atoms. The molecule has 0 saturated heterocycles. The summed E-state index contributed by atoms with van der Waals surface area (Å²) in [6.45, 7) is 2.31. The van der Waals surface area contributed by atoms with Crippen molar-refractivity contribution in [2.45, 2.75) is 24.8 Å². The molecule has 1 fully saturated rings. The van der Waals surface area contributed by atoms with Crippen molar-refractivity contribution in [2.24, 2.45) is 5.92 Å². The third-order valence-corrected chi connectivity index (χ3v) is 6.05. The van der Waals surface area contributed by atoms with Crippen LogP contribution in [0.3, 0.4) is 0 Å². The number of aromatic nitrogens is 2. The van der Waals surface area contributed by atoms with Crippen molar-refractivity contribution < 1.29 is 0 Å². The number of hydrogen-bond acceptors (Lipinski definition) is 1. The number of hydrogen-bond donors (Lipinski definition) is 0. The zero-order chi connectivity index (χ0) is 19.0. The van der Waals surface area contributed by atoms with Crippen LogP contribution in [-0.4, -0.2) is 9.55 Å². The lowest BCUT2D eigenvalue weighted by Crippen LogP contribution is -2.36. The lowest BCUT2D eigenvalue weighted by molar-refractivity contribution is 0.514. The van der Waals surface area contributed by atoms with E-state index in [0.717, 1.165) is 5.92 Å². The highest BCUT2D eigenvalue weighted by molar-refractivity contribution is 5.50. The number of benzene rings is 3. The van der Waals surface area contributed by atoms with Crippen LogP contribution in [-0.2, 0) is 5.54 Å². The van der Waals surface area contributed by atoms with E-state index in [4.69, 9.17) is 4.98 Å². The molecular formula is C26H24N2. The zero-order valence-corrected chi connectivity index (χ0v) is 16.1. The fourth-order valence-electron chi connectivity index (χ4n) is 4.43. The monoisotopic (exact) mass is 364 g/mol. The van der Waals surface area contributed by atoms with E-state index < -0.39 is 5.54 Å². The van der Waals surface area contributed by atoms with Crippen molar-refractivity contribution in [1.82, 2.24) is 9.55 Å². The predicted octanol–water partition coefficient (Wildman–Crippen LogP) is 5.85. The summed E-state index contributed by atoms with van der Waals surface area (Å²) in [4.78, 5) is 4.83. The molecule has 1 aromatic heterocycles. The van der Waals surface area contributed by atoms with Crippen LogP contribution in [0.25, 0.3) is 0 Å². The van der Waals surface area contributed by atoms with E-state index in [0.29, 0.717) is 5.92 Å². The van der Waals surface area contributed by atoms with Gasteiger partial charge in [-0.25, -0.2) is 4.98 Å². The molecule has 2 atom stereocenters. The summed E-state index contributed by atoms with van der Waals surface area (Å²) in [6.07, 6.45) is 5.53. The second kappa shape index (κ2) is 6.79. The van der Waals surface area contributed by atoms with Crippen LogP contribution in [0.15, 0.2) is 104 Å². The molecular weight excluding hydrogens is 340 g/mol. The van der Waals surface area contributed by atoms with Gasteiger partial charge in [-0.15, -0.1) is 0 Å². The van der Waals surface area contributed by atoms with Crippen LogP contribution in [0.5, 0.6) is 0 Å². The molecule has 4 aromatic rings. The molecule has 0 amide bonds. The van der Waals surface area contributed by atoms with Gasteiger partial charge in [0.1, 0.15) is 5.54 Å². The summed E-state index contributed by atoms with van der Waals surface area (Å²) in [7, 11) is 0. The van der Waals surface area contributed by atoms with E-state index in [-0.39, 0.29) is 0 Å². The van der Waals surface area contributed by atoms with Gasteiger partial charge in [0.05, 0.1) is 12.0 Å². The summed E-state index contributed by atoms with van der Waals surface area (Å²) in [5.74, 6) is 1.34. The van der Waals surface area contributed by atoms with Gasteiger partial charge in [0.25, 0.3) is 0 Å². The first-order valence-corrected chi connectivity index (χ1v) is 10.0. The van der Waals surface area contributed by atoms with E-state index in [2.05, 4.69) is 109 Å². The highest BCUT2D eigenvalue weighted by Gasteiger charge is 2.41. The van der Waals surface area contributed by atoms with Crippen molar-refractivity contribution in [3.8, 4) is 0 Å². The molecule has 1 aliphatic rings. The number of rotatable bonds is 5. The molecule has 0 aliphatic heterocycles. The summed E-state index contributed by atoms with van der Waals surface area (Å²) in [5, 5.41) is 0. The van der Waals surface area contributed by atoms with Crippen LogP contribution in [0.1, 0.15) is 41.6 Å². The topological polar surface area (TPSA) is 17.8 Å². The maximum atomic E-state index is 4.83. The number of imidazole rings is 1. The highest BCUT2D eigenvalue weighted by atomic mass is 15.1. The number of nitrogens with zero attached hydrogens (tertiary/aromatic N) is 2. The van der Waals surface area contributed by atoms with Crippen LogP contribution in [0.2, 0.25) is 0 Å². The molecule has 5 rings (SSSR count). The molecule has 2 nitrogen and oxygen atoms in total. The summed E-state index contributed by atoms with van der Waals surface area (Å²) in [5.41, 5.74) is 4.47. The molecule has 1 unspecified atom stereocenters. The van der Waals surface area contributed by atoms with Crippen LogP contribution >= 0.6 is 0 Å². The van der Waals surface area contributed by atoms with Crippen LogP contribution in [0.4, 0.5) is 0 Å². The molecule has 138 valence electrons. The molecule has 28 heavy (non-hydrogen) atoms.